The highest BCUT2D eigenvalue weighted by Gasteiger charge is 2.44. The van der Waals surface area contributed by atoms with Crippen molar-refractivity contribution < 1.29 is 22.7 Å². The van der Waals surface area contributed by atoms with Crippen molar-refractivity contribution in [2.75, 3.05) is 10.0 Å². The predicted octanol–water partition coefficient (Wildman–Crippen LogP) is 3.58. The molecule has 2 heterocycles. The maximum absolute atomic E-state index is 12.9. The third-order valence-corrected chi connectivity index (χ3v) is 6.98. The van der Waals surface area contributed by atoms with Crippen LogP contribution >= 0.6 is 0 Å². The summed E-state index contributed by atoms with van der Waals surface area (Å²) in [5.41, 5.74) is 1.74. The lowest BCUT2D eigenvalue weighted by atomic mass is 10.0. The van der Waals surface area contributed by atoms with Crippen LogP contribution in [0.4, 0.5) is 11.4 Å². The molecule has 2 N–H and O–H groups in total. The van der Waals surface area contributed by atoms with Crippen molar-refractivity contribution in [1.29, 1.82) is 0 Å². The van der Waals surface area contributed by atoms with Gasteiger partial charge in [-0.1, -0.05) is 0 Å². The number of anilines is 2. The Kier molecular flexibility index (Phi) is 3.64. The van der Waals surface area contributed by atoms with E-state index < -0.39 is 15.8 Å². The van der Waals surface area contributed by atoms with E-state index in [0.29, 0.717) is 28.4 Å². The summed E-state index contributed by atoms with van der Waals surface area (Å²) in [6, 6.07) is 9.69. The smallest absolute Gasteiger partial charge is 0.261 e. The van der Waals surface area contributed by atoms with Crippen LogP contribution in [0.1, 0.15) is 44.1 Å². The van der Waals surface area contributed by atoms with Crippen LogP contribution in [0.3, 0.4) is 0 Å². The van der Waals surface area contributed by atoms with Crippen molar-refractivity contribution in [3.63, 3.8) is 0 Å². The summed E-state index contributed by atoms with van der Waals surface area (Å²) in [5.74, 6) is 0.0999. The zero-order chi connectivity index (χ0) is 19.5. The zero-order valence-electron chi connectivity index (χ0n) is 15.3. The first kappa shape index (κ1) is 17.4. The minimum atomic E-state index is -3.81. The molecular formula is C20H20N2O5S. The summed E-state index contributed by atoms with van der Waals surface area (Å²) in [6.07, 6.45) is 3.79. The van der Waals surface area contributed by atoms with E-state index in [1.54, 1.807) is 37.3 Å². The first-order valence-corrected chi connectivity index (χ1v) is 10.8. The Morgan fingerprint density at radius 1 is 1.07 bits per heavy atom. The van der Waals surface area contributed by atoms with Crippen LogP contribution in [0, 0.1) is 0 Å². The molecule has 8 heteroatoms. The van der Waals surface area contributed by atoms with Crippen molar-refractivity contribution in [2.24, 2.45) is 0 Å². The summed E-state index contributed by atoms with van der Waals surface area (Å²) in [4.78, 5) is 11.9. The van der Waals surface area contributed by atoms with Crippen LogP contribution in [0.2, 0.25) is 0 Å². The summed E-state index contributed by atoms with van der Waals surface area (Å²) < 4.78 is 40.3. The molecule has 5 rings (SSSR count). The molecule has 1 atom stereocenters. The summed E-state index contributed by atoms with van der Waals surface area (Å²) >= 11 is 0. The summed E-state index contributed by atoms with van der Waals surface area (Å²) in [7, 11) is -3.81. The van der Waals surface area contributed by atoms with E-state index in [-0.39, 0.29) is 16.7 Å². The molecule has 2 aromatic rings. The Bertz CT molecular complexity index is 1090. The van der Waals surface area contributed by atoms with E-state index in [4.69, 9.17) is 9.47 Å². The maximum Gasteiger partial charge on any atom is 0.261 e. The van der Waals surface area contributed by atoms with E-state index in [9.17, 15) is 13.2 Å². The standard InChI is InChI=1S/C20H20N2O5S/c1-12-15-11-14(5-6-16(15)21-19(12)23)28(24,25)22-13-4-7-17-18(10-13)27-20(26-17)8-2-3-9-20/h4-7,10-12,22H,2-3,8-9H2,1H3,(H,21,23)/t12-/m1/s1. The number of hydrogen-bond acceptors (Lipinski definition) is 5. The number of carbonyl (C=O) groups is 1. The number of nitrogens with one attached hydrogen (secondary N) is 2. The Labute approximate surface area is 163 Å². The van der Waals surface area contributed by atoms with E-state index >= 15 is 0 Å². The van der Waals surface area contributed by atoms with Gasteiger partial charge in [0.2, 0.25) is 5.91 Å². The van der Waals surface area contributed by atoms with Gasteiger partial charge in [-0.05, 0) is 55.7 Å². The van der Waals surface area contributed by atoms with Crippen molar-refractivity contribution in [1.82, 2.24) is 0 Å². The highest BCUT2D eigenvalue weighted by atomic mass is 32.2. The average molecular weight is 400 g/mol. The molecule has 7 nitrogen and oxygen atoms in total. The van der Waals surface area contributed by atoms with Gasteiger partial charge in [0.15, 0.2) is 11.5 Å². The third kappa shape index (κ3) is 2.71. The second kappa shape index (κ2) is 5.88. The average Bonchev–Trinajstić information content (AvgIpc) is 3.33. The Morgan fingerprint density at radius 2 is 1.82 bits per heavy atom. The molecule has 3 aliphatic rings. The van der Waals surface area contributed by atoms with E-state index in [2.05, 4.69) is 10.0 Å². The van der Waals surface area contributed by atoms with Crippen LogP contribution in [-0.4, -0.2) is 20.1 Å². The molecule has 1 aliphatic carbocycles. The van der Waals surface area contributed by atoms with Gasteiger partial charge in [-0.25, -0.2) is 8.42 Å². The van der Waals surface area contributed by atoms with Crippen molar-refractivity contribution >= 4 is 27.3 Å². The number of benzene rings is 2. The van der Waals surface area contributed by atoms with Crippen molar-refractivity contribution in [3.05, 3.63) is 42.0 Å². The first-order chi connectivity index (χ1) is 13.4. The van der Waals surface area contributed by atoms with Crippen LogP contribution in [-0.2, 0) is 14.8 Å². The lowest BCUT2D eigenvalue weighted by Gasteiger charge is -2.21. The van der Waals surface area contributed by atoms with Crippen LogP contribution in [0.15, 0.2) is 41.3 Å². The second-order valence-electron chi connectivity index (χ2n) is 7.55. The molecule has 2 aromatic carbocycles. The van der Waals surface area contributed by atoms with Gasteiger partial charge in [0, 0.05) is 24.6 Å². The van der Waals surface area contributed by atoms with Crippen LogP contribution in [0.25, 0.3) is 0 Å². The lowest BCUT2D eigenvalue weighted by Crippen LogP contribution is -2.34. The third-order valence-electron chi connectivity index (χ3n) is 5.60. The maximum atomic E-state index is 12.9. The molecule has 1 saturated carbocycles. The van der Waals surface area contributed by atoms with E-state index in [1.807, 2.05) is 0 Å². The largest absolute Gasteiger partial charge is 0.448 e. The fraction of sp³-hybridized carbons (Fsp3) is 0.350. The number of hydrogen-bond donors (Lipinski definition) is 2. The number of ether oxygens (including phenoxy) is 2. The SMILES string of the molecule is C[C@H]1C(=O)Nc2ccc(S(=O)(=O)Nc3ccc4c(c3)OC3(CCCC3)O4)cc21. The summed E-state index contributed by atoms with van der Waals surface area (Å²) in [6.45, 7) is 1.75. The number of sulfonamides is 1. The van der Waals surface area contributed by atoms with Gasteiger partial charge in [-0.2, -0.15) is 0 Å². The predicted molar refractivity (Wildman–Crippen MR) is 103 cm³/mol. The molecule has 0 aromatic heterocycles. The number of fused-ring (bicyclic) bond motifs is 2. The molecular weight excluding hydrogens is 380 g/mol. The van der Waals surface area contributed by atoms with Gasteiger partial charge in [0.25, 0.3) is 15.8 Å². The van der Waals surface area contributed by atoms with Crippen LogP contribution < -0.4 is 19.5 Å². The molecule has 0 bridgehead atoms. The molecule has 146 valence electrons. The number of amides is 1. The highest BCUT2D eigenvalue weighted by molar-refractivity contribution is 7.92. The van der Waals surface area contributed by atoms with Gasteiger partial charge in [0.05, 0.1) is 16.5 Å². The quantitative estimate of drug-likeness (QED) is 0.821. The highest BCUT2D eigenvalue weighted by Crippen LogP contribution is 2.47. The molecule has 28 heavy (non-hydrogen) atoms. The van der Waals surface area contributed by atoms with Gasteiger partial charge in [-0.3, -0.25) is 9.52 Å². The Morgan fingerprint density at radius 3 is 2.61 bits per heavy atom. The number of rotatable bonds is 3. The molecule has 1 fully saturated rings. The van der Waals surface area contributed by atoms with E-state index in [1.165, 1.54) is 6.07 Å². The second-order valence-corrected chi connectivity index (χ2v) is 9.23. The van der Waals surface area contributed by atoms with Gasteiger partial charge >= 0.3 is 0 Å². The monoisotopic (exact) mass is 400 g/mol. The molecule has 1 spiro atoms. The minimum Gasteiger partial charge on any atom is -0.448 e. The van der Waals surface area contributed by atoms with Crippen molar-refractivity contribution in [3.8, 4) is 11.5 Å². The zero-order valence-corrected chi connectivity index (χ0v) is 16.1. The Hall–Kier alpha value is -2.74. The molecule has 0 radical (unpaired) electrons. The first-order valence-electron chi connectivity index (χ1n) is 9.35. The summed E-state index contributed by atoms with van der Waals surface area (Å²) in [5, 5.41) is 2.74. The Balaban J connectivity index is 1.41. The molecule has 1 amide bonds. The minimum absolute atomic E-state index is 0.111. The molecule has 2 aliphatic heterocycles. The van der Waals surface area contributed by atoms with Gasteiger partial charge in [0.1, 0.15) is 0 Å². The van der Waals surface area contributed by atoms with Crippen LogP contribution in [0.5, 0.6) is 11.5 Å². The fourth-order valence-electron chi connectivity index (χ4n) is 4.05. The topological polar surface area (TPSA) is 93.7 Å². The normalized spacial score (nSPS) is 21.6. The van der Waals surface area contributed by atoms with Crippen molar-refractivity contribution in [2.45, 2.75) is 49.2 Å². The fourth-order valence-corrected chi connectivity index (χ4v) is 5.14. The van der Waals surface area contributed by atoms with Gasteiger partial charge < -0.3 is 14.8 Å². The number of carbonyl (C=O) groups excluding carboxylic acids is 1. The molecule has 0 unspecified atom stereocenters. The van der Waals surface area contributed by atoms with Gasteiger partial charge in [-0.15, -0.1) is 0 Å². The van der Waals surface area contributed by atoms with E-state index in [0.717, 1.165) is 25.7 Å². The molecule has 0 saturated heterocycles. The lowest BCUT2D eigenvalue weighted by molar-refractivity contribution is -0.116.